The molecule has 1 heterocycles. The quantitative estimate of drug-likeness (QED) is 0.633. The van der Waals surface area contributed by atoms with Crippen molar-refractivity contribution in [3.05, 3.63) is 71.9 Å². The van der Waals surface area contributed by atoms with Crippen LogP contribution in [0.4, 0.5) is 0 Å². The maximum Gasteiger partial charge on any atom is 0.340 e. The maximum atomic E-state index is 12.3. The number of esters is 1. The Bertz CT molecular complexity index is 886. The first-order chi connectivity index (χ1) is 12.7. The molecule has 0 fully saturated rings. The van der Waals surface area contributed by atoms with Crippen molar-refractivity contribution in [3.8, 4) is 0 Å². The van der Waals surface area contributed by atoms with Crippen molar-refractivity contribution in [2.24, 2.45) is 0 Å². The number of benzene rings is 2. The molecule has 0 bridgehead atoms. The molecule has 5 heteroatoms. The Morgan fingerprint density at radius 2 is 1.81 bits per heavy atom. The van der Waals surface area contributed by atoms with E-state index < -0.39 is 5.97 Å². The molecule has 0 unspecified atom stereocenters. The topological polar surface area (TPSA) is 71.2 Å². The van der Waals surface area contributed by atoms with Gasteiger partial charge in [-0.2, -0.15) is 0 Å². The van der Waals surface area contributed by atoms with Crippen LogP contribution >= 0.6 is 0 Å². The number of hydrogen-bond acceptors (Lipinski definition) is 3. The third kappa shape index (κ3) is 4.11. The third-order valence-electron chi connectivity index (χ3n) is 4.26. The minimum atomic E-state index is -0.510. The van der Waals surface area contributed by atoms with Gasteiger partial charge in [-0.05, 0) is 18.1 Å². The molecule has 0 aliphatic carbocycles. The molecule has 3 aromatic rings. The van der Waals surface area contributed by atoms with Gasteiger partial charge in [-0.3, -0.25) is 4.79 Å². The molecule has 1 atom stereocenters. The van der Waals surface area contributed by atoms with Gasteiger partial charge in [0.15, 0.2) is 6.61 Å². The van der Waals surface area contributed by atoms with Crippen molar-refractivity contribution in [3.63, 3.8) is 0 Å². The van der Waals surface area contributed by atoms with Crippen LogP contribution in [-0.2, 0) is 9.53 Å². The lowest BCUT2D eigenvalue weighted by Gasteiger charge is -2.18. The number of carbonyl (C=O) groups is 2. The maximum absolute atomic E-state index is 12.3. The van der Waals surface area contributed by atoms with Crippen LogP contribution in [0, 0.1) is 0 Å². The number of H-pyrrole nitrogens is 1. The molecule has 0 spiro atoms. The highest BCUT2D eigenvalue weighted by atomic mass is 16.5. The first-order valence-corrected chi connectivity index (χ1v) is 8.76. The molecule has 0 aliphatic rings. The van der Waals surface area contributed by atoms with E-state index in [4.69, 9.17) is 4.74 Å². The normalized spacial score (nSPS) is 11.9. The summed E-state index contributed by atoms with van der Waals surface area (Å²) in [5, 5.41) is 3.73. The SMILES string of the molecule is CCC[C@H](NC(=O)COC(=O)c1c[nH]c2ccccc12)c1ccccc1. The fourth-order valence-corrected chi connectivity index (χ4v) is 2.98. The van der Waals surface area contributed by atoms with Gasteiger partial charge in [0.1, 0.15) is 0 Å². The number of ether oxygens (including phenoxy) is 1. The van der Waals surface area contributed by atoms with Gasteiger partial charge >= 0.3 is 5.97 Å². The fourth-order valence-electron chi connectivity index (χ4n) is 2.98. The zero-order valence-corrected chi connectivity index (χ0v) is 14.7. The predicted molar refractivity (Wildman–Crippen MR) is 101 cm³/mol. The second kappa shape index (κ2) is 8.34. The van der Waals surface area contributed by atoms with E-state index in [2.05, 4.69) is 17.2 Å². The lowest BCUT2D eigenvalue weighted by atomic mass is 10.0. The van der Waals surface area contributed by atoms with Crippen molar-refractivity contribution < 1.29 is 14.3 Å². The zero-order valence-electron chi connectivity index (χ0n) is 14.7. The number of amides is 1. The van der Waals surface area contributed by atoms with Crippen LogP contribution in [0.25, 0.3) is 10.9 Å². The second-order valence-corrected chi connectivity index (χ2v) is 6.14. The lowest BCUT2D eigenvalue weighted by Crippen LogP contribution is -2.32. The van der Waals surface area contributed by atoms with Crippen molar-refractivity contribution in [2.45, 2.75) is 25.8 Å². The Labute approximate surface area is 152 Å². The molecular formula is C21H22N2O3. The number of aromatic nitrogens is 1. The fraction of sp³-hybridized carbons (Fsp3) is 0.238. The number of rotatable bonds is 7. The average Bonchev–Trinajstić information content (AvgIpc) is 3.11. The van der Waals surface area contributed by atoms with Crippen LogP contribution in [0.2, 0.25) is 0 Å². The standard InChI is InChI=1S/C21H22N2O3/c1-2-8-18(15-9-4-3-5-10-15)23-20(24)14-26-21(25)17-13-22-19-12-7-6-11-16(17)19/h3-7,9-13,18,22H,2,8,14H2,1H3,(H,23,24)/t18-/m0/s1. The van der Waals surface area contributed by atoms with Crippen LogP contribution in [0.1, 0.15) is 41.7 Å². The molecule has 0 saturated heterocycles. The molecule has 3 rings (SSSR count). The predicted octanol–water partition coefficient (Wildman–Crippen LogP) is 3.98. The highest BCUT2D eigenvalue weighted by Gasteiger charge is 2.17. The summed E-state index contributed by atoms with van der Waals surface area (Å²) in [6, 6.07) is 17.2. The van der Waals surface area contributed by atoms with Gasteiger partial charge < -0.3 is 15.0 Å². The molecule has 0 saturated carbocycles. The van der Waals surface area contributed by atoms with Crippen LogP contribution in [0.15, 0.2) is 60.8 Å². The Morgan fingerprint density at radius 3 is 2.58 bits per heavy atom. The van der Waals surface area contributed by atoms with Gasteiger partial charge in [0.2, 0.25) is 0 Å². The van der Waals surface area contributed by atoms with E-state index in [-0.39, 0.29) is 18.6 Å². The van der Waals surface area contributed by atoms with Gasteiger partial charge in [0.05, 0.1) is 11.6 Å². The summed E-state index contributed by atoms with van der Waals surface area (Å²) in [6.45, 7) is 1.77. The number of para-hydroxylation sites is 1. The molecule has 1 aromatic heterocycles. The van der Waals surface area contributed by atoms with Crippen LogP contribution in [0.5, 0.6) is 0 Å². The highest BCUT2D eigenvalue weighted by molar-refractivity contribution is 6.04. The molecule has 134 valence electrons. The zero-order chi connectivity index (χ0) is 18.4. The van der Waals surface area contributed by atoms with E-state index in [9.17, 15) is 9.59 Å². The first kappa shape index (κ1) is 17.7. The Balaban J connectivity index is 1.60. The molecule has 1 amide bonds. The van der Waals surface area contributed by atoms with Crippen LogP contribution < -0.4 is 5.32 Å². The Morgan fingerprint density at radius 1 is 1.08 bits per heavy atom. The highest BCUT2D eigenvalue weighted by Crippen LogP contribution is 2.19. The van der Waals surface area contributed by atoms with Gasteiger partial charge in [0.25, 0.3) is 5.91 Å². The van der Waals surface area contributed by atoms with Crippen molar-refractivity contribution in [1.29, 1.82) is 0 Å². The van der Waals surface area contributed by atoms with Gasteiger partial charge in [-0.25, -0.2) is 4.79 Å². The second-order valence-electron chi connectivity index (χ2n) is 6.14. The van der Waals surface area contributed by atoms with E-state index in [1.54, 1.807) is 6.20 Å². The number of nitrogens with one attached hydrogen (secondary N) is 2. The summed E-state index contributed by atoms with van der Waals surface area (Å²) in [5.74, 6) is -0.815. The number of carbonyl (C=O) groups excluding carboxylic acids is 2. The van der Waals surface area contributed by atoms with E-state index in [1.807, 2.05) is 54.6 Å². The smallest absolute Gasteiger partial charge is 0.340 e. The number of hydrogen-bond donors (Lipinski definition) is 2. The average molecular weight is 350 g/mol. The van der Waals surface area contributed by atoms with Gasteiger partial charge in [-0.1, -0.05) is 61.9 Å². The molecular weight excluding hydrogens is 328 g/mol. The molecule has 2 N–H and O–H groups in total. The third-order valence-corrected chi connectivity index (χ3v) is 4.26. The monoisotopic (exact) mass is 350 g/mol. The lowest BCUT2D eigenvalue weighted by molar-refractivity contribution is -0.125. The molecule has 0 radical (unpaired) electrons. The Hall–Kier alpha value is -3.08. The summed E-state index contributed by atoms with van der Waals surface area (Å²) in [5.41, 5.74) is 2.34. The number of fused-ring (bicyclic) bond motifs is 1. The summed E-state index contributed by atoms with van der Waals surface area (Å²) < 4.78 is 5.20. The van der Waals surface area contributed by atoms with Gasteiger partial charge in [-0.15, -0.1) is 0 Å². The summed E-state index contributed by atoms with van der Waals surface area (Å²) in [7, 11) is 0. The van der Waals surface area contributed by atoms with Gasteiger partial charge in [0, 0.05) is 17.1 Å². The van der Waals surface area contributed by atoms with Crippen molar-refractivity contribution >= 4 is 22.8 Å². The minimum Gasteiger partial charge on any atom is -0.452 e. The van der Waals surface area contributed by atoms with Crippen LogP contribution in [0.3, 0.4) is 0 Å². The molecule has 5 nitrogen and oxygen atoms in total. The summed E-state index contributed by atoms with van der Waals surface area (Å²) in [6.07, 6.45) is 3.37. The summed E-state index contributed by atoms with van der Waals surface area (Å²) >= 11 is 0. The minimum absolute atomic E-state index is 0.0829. The number of aromatic amines is 1. The van der Waals surface area contributed by atoms with Crippen molar-refractivity contribution in [2.75, 3.05) is 6.61 Å². The Kier molecular flexibility index (Phi) is 5.69. The first-order valence-electron chi connectivity index (χ1n) is 8.76. The van der Waals surface area contributed by atoms with Crippen LogP contribution in [-0.4, -0.2) is 23.5 Å². The largest absolute Gasteiger partial charge is 0.452 e. The molecule has 2 aromatic carbocycles. The summed E-state index contributed by atoms with van der Waals surface area (Å²) in [4.78, 5) is 27.6. The van der Waals surface area contributed by atoms with E-state index in [0.29, 0.717) is 5.56 Å². The molecule has 0 aliphatic heterocycles. The van der Waals surface area contributed by atoms with E-state index >= 15 is 0 Å². The van der Waals surface area contributed by atoms with E-state index in [1.165, 1.54) is 0 Å². The van der Waals surface area contributed by atoms with Crippen molar-refractivity contribution in [1.82, 2.24) is 10.3 Å². The molecule has 26 heavy (non-hydrogen) atoms. The van der Waals surface area contributed by atoms with E-state index in [0.717, 1.165) is 29.3 Å².